The number of anilines is 1. The van der Waals surface area contributed by atoms with Crippen molar-refractivity contribution in [2.75, 3.05) is 5.32 Å². The van der Waals surface area contributed by atoms with Crippen LogP contribution >= 0.6 is 11.3 Å². The molecule has 138 valence electrons. The molecule has 3 aromatic rings. The van der Waals surface area contributed by atoms with Crippen LogP contribution in [0.15, 0.2) is 63.7 Å². The van der Waals surface area contributed by atoms with Gasteiger partial charge in [0.1, 0.15) is 16.5 Å². The first-order valence-electron chi connectivity index (χ1n) is 8.05. The van der Waals surface area contributed by atoms with E-state index < -0.39 is 33.3 Å². The number of carbonyl (C=O) groups excluding carboxylic acids is 1. The van der Waals surface area contributed by atoms with Gasteiger partial charge in [0, 0.05) is 28.2 Å². The van der Waals surface area contributed by atoms with Gasteiger partial charge in [0.05, 0.1) is 10.6 Å². The van der Waals surface area contributed by atoms with Gasteiger partial charge in [0.15, 0.2) is 0 Å². The Morgan fingerprint density at radius 2 is 1.67 bits per heavy atom. The molecule has 1 N–H and O–H groups in total. The van der Waals surface area contributed by atoms with Crippen molar-refractivity contribution < 1.29 is 22.0 Å². The van der Waals surface area contributed by atoms with Crippen molar-refractivity contribution in [3.63, 3.8) is 0 Å². The summed E-state index contributed by atoms with van der Waals surface area (Å²) >= 11 is 1.07. The van der Waals surface area contributed by atoms with Crippen molar-refractivity contribution >= 4 is 32.8 Å². The van der Waals surface area contributed by atoms with Crippen LogP contribution in [0.3, 0.4) is 0 Å². The van der Waals surface area contributed by atoms with Gasteiger partial charge in [0.25, 0.3) is 0 Å². The zero-order valence-corrected chi connectivity index (χ0v) is 15.4. The zero-order valence-electron chi connectivity index (χ0n) is 13.8. The molecule has 2 aromatic carbocycles. The van der Waals surface area contributed by atoms with Gasteiger partial charge in [-0.25, -0.2) is 17.2 Å². The molecule has 0 fully saturated rings. The number of carbonyl (C=O) groups is 1. The Hall–Kier alpha value is -2.58. The summed E-state index contributed by atoms with van der Waals surface area (Å²) in [7, 11) is -3.88. The lowest BCUT2D eigenvalue weighted by Gasteiger charge is -2.24. The molecule has 2 heterocycles. The lowest BCUT2D eigenvalue weighted by Crippen LogP contribution is -2.24. The Morgan fingerprint density at radius 1 is 1.00 bits per heavy atom. The Balaban J connectivity index is 1.89. The lowest BCUT2D eigenvalue weighted by molar-refractivity contribution is -0.116. The van der Waals surface area contributed by atoms with E-state index in [1.807, 2.05) is 0 Å². The van der Waals surface area contributed by atoms with Gasteiger partial charge >= 0.3 is 0 Å². The molecule has 0 saturated heterocycles. The maximum atomic E-state index is 14.3. The van der Waals surface area contributed by atoms with Crippen LogP contribution in [0.1, 0.15) is 22.8 Å². The average molecular weight is 405 g/mol. The maximum absolute atomic E-state index is 14.3. The Morgan fingerprint density at radius 3 is 2.33 bits per heavy atom. The predicted molar refractivity (Wildman–Crippen MR) is 97.7 cm³/mol. The summed E-state index contributed by atoms with van der Waals surface area (Å²) in [5.41, 5.74) is -0.119. The Labute approximate surface area is 158 Å². The fourth-order valence-electron chi connectivity index (χ4n) is 3.21. The van der Waals surface area contributed by atoms with Gasteiger partial charge in [-0.1, -0.05) is 24.3 Å². The smallest absolute Gasteiger partial charge is 0.225 e. The van der Waals surface area contributed by atoms with Crippen LogP contribution in [-0.4, -0.2) is 14.3 Å². The van der Waals surface area contributed by atoms with Crippen LogP contribution in [0.2, 0.25) is 0 Å². The number of hydrogen-bond donors (Lipinski definition) is 1. The fraction of sp³-hybridized carbons (Fsp3) is 0.105. The quantitative estimate of drug-likeness (QED) is 0.705. The first-order valence-corrected chi connectivity index (χ1v) is 10.4. The second kappa shape index (κ2) is 6.54. The van der Waals surface area contributed by atoms with Crippen molar-refractivity contribution in [3.8, 4) is 0 Å². The van der Waals surface area contributed by atoms with Crippen LogP contribution in [0.25, 0.3) is 0 Å². The van der Waals surface area contributed by atoms with Crippen LogP contribution in [-0.2, 0) is 14.6 Å². The molecule has 1 amide bonds. The van der Waals surface area contributed by atoms with Gasteiger partial charge in [-0.05, 0) is 24.3 Å². The maximum Gasteiger partial charge on any atom is 0.225 e. The summed E-state index contributed by atoms with van der Waals surface area (Å²) in [5.74, 6) is -2.89. The summed E-state index contributed by atoms with van der Waals surface area (Å²) in [6, 6.07) is 11.3. The highest BCUT2D eigenvalue weighted by Gasteiger charge is 2.36. The first-order chi connectivity index (χ1) is 12.9. The molecule has 8 heteroatoms. The molecular formula is C19H13F2NO3S2. The number of benzene rings is 2. The number of hydrogen-bond acceptors (Lipinski definition) is 4. The van der Waals surface area contributed by atoms with Crippen molar-refractivity contribution in [2.24, 2.45) is 0 Å². The number of fused-ring (bicyclic) bond motifs is 1. The molecule has 0 bridgehead atoms. The average Bonchev–Trinajstić information content (AvgIpc) is 3.07. The van der Waals surface area contributed by atoms with Gasteiger partial charge in [-0.2, -0.15) is 0 Å². The molecule has 0 saturated carbocycles. The minimum atomic E-state index is -3.88. The van der Waals surface area contributed by atoms with Crippen LogP contribution in [0.4, 0.5) is 14.5 Å². The van der Waals surface area contributed by atoms with E-state index >= 15 is 0 Å². The Kier molecular flexibility index (Phi) is 4.32. The fourth-order valence-corrected chi connectivity index (χ4v) is 6.12. The topological polar surface area (TPSA) is 63.2 Å². The number of sulfone groups is 1. The third-order valence-electron chi connectivity index (χ3n) is 4.45. The predicted octanol–water partition coefficient (Wildman–Crippen LogP) is 4.33. The van der Waals surface area contributed by atoms with Crippen molar-refractivity contribution in [2.45, 2.75) is 22.1 Å². The second-order valence-corrected chi connectivity index (χ2v) is 8.93. The molecule has 4 rings (SSSR count). The lowest BCUT2D eigenvalue weighted by atomic mass is 9.90. The molecule has 1 aliphatic heterocycles. The highest BCUT2D eigenvalue weighted by Crippen LogP contribution is 2.46. The third-order valence-corrected chi connectivity index (χ3v) is 7.49. The molecule has 1 aliphatic rings. The van der Waals surface area contributed by atoms with E-state index in [0.29, 0.717) is 4.88 Å². The molecule has 1 unspecified atom stereocenters. The number of thiophene rings is 1. The van der Waals surface area contributed by atoms with Crippen LogP contribution in [0.5, 0.6) is 0 Å². The first kappa shape index (κ1) is 17.8. The molecule has 4 nitrogen and oxygen atoms in total. The van der Waals surface area contributed by atoms with E-state index in [1.54, 1.807) is 18.2 Å². The van der Waals surface area contributed by atoms with Crippen molar-refractivity contribution in [3.05, 3.63) is 76.0 Å². The van der Waals surface area contributed by atoms with Crippen LogP contribution < -0.4 is 5.32 Å². The third kappa shape index (κ3) is 2.94. The Bertz CT molecular complexity index is 1120. The SMILES string of the molecule is O=C1CC(c2c(F)cccc2F)c2scc(S(=O)(=O)c3ccccc3)c2N1. The monoisotopic (exact) mass is 405 g/mol. The van der Waals surface area contributed by atoms with Gasteiger partial charge in [-0.3, -0.25) is 4.79 Å². The summed E-state index contributed by atoms with van der Waals surface area (Å²) in [4.78, 5) is 12.6. The van der Waals surface area contributed by atoms with Gasteiger partial charge in [-0.15, -0.1) is 11.3 Å². The van der Waals surface area contributed by atoms with Crippen molar-refractivity contribution in [1.29, 1.82) is 0 Å². The number of rotatable bonds is 3. The summed E-state index contributed by atoms with van der Waals surface area (Å²) in [6.45, 7) is 0. The molecule has 0 spiro atoms. The molecular weight excluding hydrogens is 392 g/mol. The summed E-state index contributed by atoms with van der Waals surface area (Å²) in [6.07, 6.45) is -0.157. The van der Waals surface area contributed by atoms with E-state index in [-0.39, 0.29) is 27.5 Å². The highest BCUT2D eigenvalue weighted by molar-refractivity contribution is 7.91. The van der Waals surface area contributed by atoms with E-state index in [0.717, 1.165) is 23.5 Å². The van der Waals surface area contributed by atoms with Gasteiger partial charge in [0.2, 0.25) is 15.7 Å². The highest BCUT2D eigenvalue weighted by atomic mass is 32.2. The molecule has 1 atom stereocenters. The van der Waals surface area contributed by atoms with Gasteiger partial charge < -0.3 is 5.32 Å². The minimum Gasteiger partial charge on any atom is -0.324 e. The van der Waals surface area contributed by atoms with E-state index in [4.69, 9.17) is 0 Å². The largest absolute Gasteiger partial charge is 0.324 e. The van der Waals surface area contributed by atoms with E-state index in [9.17, 15) is 22.0 Å². The van der Waals surface area contributed by atoms with Crippen LogP contribution in [0, 0.1) is 11.6 Å². The minimum absolute atomic E-state index is 0.0662. The molecule has 27 heavy (non-hydrogen) atoms. The zero-order chi connectivity index (χ0) is 19.2. The molecule has 0 aliphatic carbocycles. The number of amides is 1. The summed E-state index contributed by atoms with van der Waals surface area (Å²) < 4.78 is 54.5. The second-order valence-electron chi connectivity index (χ2n) is 6.10. The summed E-state index contributed by atoms with van der Waals surface area (Å²) in [5, 5.41) is 3.98. The molecule has 0 radical (unpaired) electrons. The normalized spacial score (nSPS) is 16.7. The van der Waals surface area contributed by atoms with E-state index in [1.165, 1.54) is 23.6 Å². The standard InChI is InChI=1S/C19H13F2NO3S2/c20-13-7-4-8-14(21)17(13)12-9-16(23)22-18-15(10-26-19(12)18)27(24,25)11-5-2-1-3-6-11/h1-8,10,12H,9H2,(H,22,23). The molecule has 1 aromatic heterocycles. The number of halogens is 2. The van der Waals surface area contributed by atoms with Crippen molar-refractivity contribution in [1.82, 2.24) is 0 Å². The number of nitrogens with one attached hydrogen (secondary N) is 1. The van der Waals surface area contributed by atoms with E-state index in [2.05, 4.69) is 5.32 Å².